The summed E-state index contributed by atoms with van der Waals surface area (Å²) in [7, 11) is 0. The second kappa shape index (κ2) is 4.77. The minimum atomic E-state index is 0.593. The van der Waals surface area contributed by atoms with Crippen LogP contribution < -0.4 is 5.32 Å². The summed E-state index contributed by atoms with van der Waals surface area (Å²) in [5.74, 6) is 1.68. The van der Waals surface area contributed by atoms with Crippen LogP contribution in [0.25, 0.3) is 5.69 Å². The Balaban J connectivity index is 1.67. The molecule has 1 heterocycles. The molecule has 2 saturated carbocycles. The van der Waals surface area contributed by atoms with E-state index in [0.717, 1.165) is 28.2 Å². The van der Waals surface area contributed by atoms with E-state index in [4.69, 9.17) is 11.6 Å². The van der Waals surface area contributed by atoms with E-state index in [1.165, 1.54) is 25.7 Å². The van der Waals surface area contributed by atoms with Crippen molar-refractivity contribution in [3.05, 3.63) is 35.9 Å². The summed E-state index contributed by atoms with van der Waals surface area (Å²) in [6, 6.07) is 6.48. The highest BCUT2D eigenvalue weighted by molar-refractivity contribution is 6.31. The topological polar surface area (TPSA) is 42.7 Å². The lowest BCUT2D eigenvalue weighted by Gasteiger charge is -2.21. The molecule has 4 nitrogen and oxygen atoms in total. The predicted molar refractivity (Wildman–Crippen MR) is 79.2 cm³/mol. The predicted octanol–water partition coefficient (Wildman–Crippen LogP) is 3.52. The van der Waals surface area contributed by atoms with Gasteiger partial charge in [-0.05, 0) is 55.7 Å². The number of halogens is 1. The van der Waals surface area contributed by atoms with Crippen LogP contribution in [0.1, 0.15) is 25.7 Å². The molecular weight excluding hydrogens is 272 g/mol. The van der Waals surface area contributed by atoms with E-state index in [2.05, 4.69) is 15.4 Å². The van der Waals surface area contributed by atoms with Crippen molar-refractivity contribution in [1.29, 1.82) is 0 Å². The molecule has 1 N–H and O–H groups in total. The maximum absolute atomic E-state index is 6.17. The molecule has 1 aromatic heterocycles. The van der Waals surface area contributed by atoms with Crippen LogP contribution in [-0.4, -0.2) is 20.8 Å². The Hall–Kier alpha value is -1.55. The molecule has 4 rings (SSSR count). The summed E-state index contributed by atoms with van der Waals surface area (Å²) in [5, 5.41) is 8.71. The summed E-state index contributed by atoms with van der Waals surface area (Å²) < 4.78 is 1.79. The Morgan fingerprint density at radius 1 is 1.20 bits per heavy atom. The fourth-order valence-electron chi connectivity index (χ4n) is 2.87. The number of rotatable bonds is 5. The van der Waals surface area contributed by atoms with E-state index in [1.807, 2.05) is 18.2 Å². The molecular formula is C15H17ClN4. The minimum absolute atomic E-state index is 0.593. The van der Waals surface area contributed by atoms with Gasteiger partial charge in [0.1, 0.15) is 12.7 Å². The minimum Gasteiger partial charge on any atom is -0.380 e. The zero-order valence-corrected chi connectivity index (χ0v) is 11.9. The van der Waals surface area contributed by atoms with Crippen LogP contribution in [-0.2, 0) is 0 Å². The highest BCUT2D eigenvalue weighted by Gasteiger charge is 2.41. The molecule has 0 radical (unpaired) electrons. The van der Waals surface area contributed by atoms with Crippen molar-refractivity contribution in [3.63, 3.8) is 0 Å². The first-order chi connectivity index (χ1) is 9.81. The molecule has 2 aliphatic carbocycles. The molecule has 0 aliphatic heterocycles. The highest BCUT2D eigenvalue weighted by Crippen LogP contribution is 2.46. The summed E-state index contributed by atoms with van der Waals surface area (Å²) in [4.78, 5) is 4.03. The molecule has 5 heteroatoms. The van der Waals surface area contributed by atoms with Crippen molar-refractivity contribution in [1.82, 2.24) is 14.8 Å². The lowest BCUT2D eigenvalue weighted by molar-refractivity contribution is 0.567. The van der Waals surface area contributed by atoms with Gasteiger partial charge in [-0.3, -0.25) is 0 Å². The van der Waals surface area contributed by atoms with Crippen molar-refractivity contribution >= 4 is 17.3 Å². The van der Waals surface area contributed by atoms with E-state index in [1.54, 1.807) is 17.3 Å². The van der Waals surface area contributed by atoms with Crippen LogP contribution in [0, 0.1) is 11.8 Å². The quantitative estimate of drug-likeness (QED) is 0.915. The SMILES string of the molecule is Clc1ccc(-n2cncn2)c(NC(C2CC2)C2CC2)c1. The van der Waals surface area contributed by atoms with Gasteiger partial charge in [0.25, 0.3) is 0 Å². The molecule has 0 unspecified atom stereocenters. The Kier molecular flexibility index (Phi) is 2.91. The van der Waals surface area contributed by atoms with Gasteiger partial charge in [0.2, 0.25) is 0 Å². The zero-order valence-electron chi connectivity index (χ0n) is 11.2. The first kappa shape index (κ1) is 12.2. The molecule has 0 spiro atoms. The summed E-state index contributed by atoms with van der Waals surface area (Å²) in [6.45, 7) is 0. The van der Waals surface area contributed by atoms with Gasteiger partial charge in [0.15, 0.2) is 0 Å². The molecule has 0 bridgehead atoms. The van der Waals surface area contributed by atoms with Crippen molar-refractivity contribution < 1.29 is 0 Å². The largest absolute Gasteiger partial charge is 0.380 e. The normalized spacial score (nSPS) is 18.5. The molecule has 104 valence electrons. The van der Waals surface area contributed by atoms with E-state index >= 15 is 0 Å². The molecule has 2 fully saturated rings. The number of nitrogens with zero attached hydrogens (tertiary/aromatic N) is 3. The van der Waals surface area contributed by atoms with Crippen molar-refractivity contribution in [2.45, 2.75) is 31.7 Å². The molecule has 0 saturated heterocycles. The van der Waals surface area contributed by atoms with Crippen LogP contribution in [0.5, 0.6) is 0 Å². The van der Waals surface area contributed by atoms with Gasteiger partial charge >= 0.3 is 0 Å². The van der Waals surface area contributed by atoms with E-state index in [9.17, 15) is 0 Å². The lowest BCUT2D eigenvalue weighted by Crippen LogP contribution is -2.25. The highest BCUT2D eigenvalue weighted by atomic mass is 35.5. The second-order valence-electron chi connectivity index (χ2n) is 5.85. The van der Waals surface area contributed by atoms with Crippen LogP contribution >= 0.6 is 11.6 Å². The standard InChI is InChI=1S/C15H17ClN4/c16-12-5-6-14(20-9-17-8-18-20)13(7-12)19-15(10-1-2-10)11-3-4-11/h5-11,15,19H,1-4H2. The summed E-state index contributed by atoms with van der Waals surface area (Å²) >= 11 is 6.17. The van der Waals surface area contributed by atoms with Crippen molar-refractivity contribution in [2.75, 3.05) is 5.32 Å². The van der Waals surface area contributed by atoms with Gasteiger partial charge in [-0.2, -0.15) is 5.10 Å². The van der Waals surface area contributed by atoms with Crippen molar-refractivity contribution in [3.8, 4) is 5.69 Å². The van der Waals surface area contributed by atoms with Crippen LogP contribution in [0.4, 0.5) is 5.69 Å². The molecule has 2 aliphatic rings. The number of nitrogens with one attached hydrogen (secondary N) is 1. The van der Waals surface area contributed by atoms with Crippen LogP contribution in [0.2, 0.25) is 5.02 Å². The second-order valence-corrected chi connectivity index (χ2v) is 6.28. The third-order valence-electron chi connectivity index (χ3n) is 4.21. The lowest BCUT2D eigenvalue weighted by atomic mass is 10.1. The molecule has 0 atom stereocenters. The van der Waals surface area contributed by atoms with E-state index < -0.39 is 0 Å². The smallest absolute Gasteiger partial charge is 0.138 e. The molecule has 1 aromatic carbocycles. The average Bonchev–Trinajstić information content (AvgIpc) is 3.37. The van der Waals surface area contributed by atoms with Crippen molar-refractivity contribution in [2.24, 2.45) is 11.8 Å². The van der Waals surface area contributed by atoms with Crippen LogP contribution in [0.3, 0.4) is 0 Å². The maximum atomic E-state index is 6.17. The first-order valence-electron chi connectivity index (χ1n) is 7.22. The van der Waals surface area contributed by atoms with Gasteiger partial charge in [-0.25, -0.2) is 9.67 Å². The van der Waals surface area contributed by atoms with Gasteiger partial charge in [-0.15, -0.1) is 0 Å². The fourth-order valence-corrected chi connectivity index (χ4v) is 3.04. The third kappa shape index (κ3) is 2.40. The first-order valence-corrected chi connectivity index (χ1v) is 7.60. The monoisotopic (exact) mass is 288 g/mol. The number of hydrogen-bond donors (Lipinski definition) is 1. The van der Waals surface area contributed by atoms with E-state index in [0.29, 0.717) is 6.04 Å². The van der Waals surface area contributed by atoms with E-state index in [-0.39, 0.29) is 0 Å². The fraction of sp³-hybridized carbons (Fsp3) is 0.467. The average molecular weight is 289 g/mol. The maximum Gasteiger partial charge on any atom is 0.138 e. The number of aromatic nitrogens is 3. The number of anilines is 1. The van der Waals surface area contributed by atoms with Gasteiger partial charge in [-0.1, -0.05) is 11.6 Å². The number of benzene rings is 1. The van der Waals surface area contributed by atoms with Gasteiger partial charge in [0, 0.05) is 11.1 Å². The van der Waals surface area contributed by atoms with Gasteiger partial charge in [0.05, 0.1) is 11.4 Å². The molecule has 2 aromatic rings. The third-order valence-corrected chi connectivity index (χ3v) is 4.44. The Morgan fingerprint density at radius 2 is 1.95 bits per heavy atom. The Morgan fingerprint density at radius 3 is 2.55 bits per heavy atom. The number of hydrogen-bond acceptors (Lipinski definition) is 3. The zero-order chi connectivity index (χ0) is 13.5. The molecule has 0 amide bonds. The van der Waals surface area contributed by atoms with Crippen LogP contribution in [0.15, 0.2) is 30.9 Å². The Bertz CT molecular complexity index is 590. The van der Waals surface area contributed by atoms with Gasteiger partial charge < -0.3 is 5.32 Å². The summed E-state index contributed by atoms with van der Waals surface area (Å²) in [5.41, 5.74) is 2.07. The Labute approximate surface area is 123 Å². The molecule has 20 heavy (non-hydrogen) atoms. The summed E-state index contributed by atoms with van der Waals surface area (Å²) in [6.07, 6.45) is 8.69.